The molecule has 1 aliphatic rings. The van der Waals surface area contributed by atoms with Crippen LogP contribution in [0.25, 0.3) is 0 Å². The minimum Gasteiger partial charge on any atom is -0.415 e. The normalized spacial score (nSPS) is 19.2. The first kappa shape index (κ1) is 19.6. The molecule has 1 saturated heterocycles. The lowest BCUT2D eigenvalue weighted by atomic mass is 10.2. The van der Waals surface area contributed by atoms with E-state index in [2.05, 4.69) is 43.8 Å². The van der Waals surface area contributed by atoms with Gasteiger partial charge in [0, 0.05) is 18.2 Å². The third-order valence-corrected chi connectivity index (χ3v) is 10.0. The molecule has 2 rings (SSSR count). The van der Waals surface area contributed by atoms with E-state index in [-0.39, 0.29) is 22.3 Å². The van der Waals surface area contributed by atoms with Gasteiger partial charge in [-0.25, -0.2) is 9.97 Å². The third-order valence-electron chi connectivity index (χ3n) is 5.02. The van der Waals surface area contributed by atoms with Crippen LogP contribution in [0, 0.1) is 0 Å². The Morgan fingerprint density at radius 3 is 2.62 bits per heavy atom. The van der Waals surface area contributed by atoms with Crippen molar-refractivity contribution in [2.45, 2.75) is 64.3 Å². The van der Waals surface area contributed by atoms with Crippen molar-refractivity contribution in [2.75, 3.05) is 6.61 Å². The highest BCUT2D eigenvalue weighted by atomic mass is 35.5. The summed E-state index contributed by atoms with van der Waals surface area (Å²) in [6, 6.07) is 0.0679. The van der Waals surface area contributed by atoms with Gasteiger partial charge in [-0.15, -0.1) is 0 Å². The fourth-order valence-corrected chi connectivity index (χ4v) is 3.77. The Morgan fingerprint density at radius 1 is 1.38 bits per heavy atom. The number of likely N-dealkylation sites (tertiary alicyclic amines) is 1. The minimum absolute atomic E-state index is 0.0679. The summed E-state index contributed by atoms with van der Waals surface area (Å²) >= 11 is 11.8. The van der Waals surface area contributed by atoms with Crippen LogP contribution < -0.4 is 0 Å². The molecule has 0 saturated carbocycles. The fourth-order valence-electron chi connectivity index (χ4n) is 2.36. The molecule has 0 spiro atoms. The quantitative estimate of drug-likeness (QED) is 0.427. The van der Waals surface area contributed by atoms with Crippen LogP contribution in [0.15, 0.2) is 6.20 Å². The first-order chi connectivity index (χ1) is 11.0. The van der Waals surface area contributed by atoms with Crippen molar-refractivity contribution >= 4 is 37.4 Å². The zero-order valence-electron chi connectivity index (χ0n) is 14.9. The molecule has 0 N–H and O–H groups in total. The van der Waals surface area contributed by atoms with Crippen molar-refractivity contribution in [2.24, 2.45) is 0 Å². The Bertz CT molecular complexity index is 620. The highest BCUT2D eigenvalue weighted by molar-refractivity contribution is 6.74. The van der Waals surface area contributed by atoms with Crippen LogP contribution >= 0.6 is 23.2 Å². The van der Waals surface area contributed by atoms with Crippen LogP contribution in [0.5, 0.6) is 0 Å². The van der Waals surface area contributed by atoms with Crippen molar-refractivity contribution in [1.29, 1.82) is 0 Å². The molecule has 0 aromatic carbocycles. The van der Waals surface area contributed by atoms with E-state index < -0.39 is 8.32 Å². The predicted molar refractivity (Wildman–Crippen MR) is 98.8 cm³/mol. The largest absolute Gasteiger partial charge is 0.415 e. The summed E-state index contributed by atoms with van der Waals surface area (Å²) in [4.78, 5) is 22.0. The van der Waals surface area contributed by atoms with Gasteiger partial charge >= 0.3 is 0 Å². The molecule has 2 heterocycles. The van der Waals surface area contributed by atoms with Crippen LogP contribution in [0.4, 0.5) is 0 Å². The molecule has 1 aromatic heterocycles. The van der Waals surface area contributed by atoms with Gasteiger partial charge in [0.15, 0.2) is 8.32 Å². The molecular formula is C16H25Cl2N3O2Si. The molecular weight excluding hydrogens is 365 g/mol. The average molecular weight is 390 g/mol. The molecule has 1 fully saturated rings. The number of hydrogen-bond donors (Lipinski definition) is 0. The zero-order valence-corrected chi connectivity index (χ0v) is 17.4. The molecule has 24 heavy (non-hydrogen) atoms. The summed E-state index contributed by atoms with van der Waals surface area (Å²) in [5.74, 6) is 0.116. The van der Waals surface area contributed by atoms with Gasteiger partial charge in [0.2, 0.25) is 11.2 Å². The SMILES string of the molecule is CC(C)(C)[Si](C)(C)OCC1CCC(=O)N1Cc1cnc(Cl)nc1Cl. The van der Waals surface area contributed by atoms with E-state index in [0.717, 1.165) is 6.42 Å². The summed E-state index contributed by atoms with van der Waals surface area (Å²) in [5, 5.41) is 0.543. The number of hydrogen-bond acceptors (Lipinski definition) is 4. The Labute approximate surface area is 154 Å². The topological polar surface area (TPSA) is 55.3 Å². The van der Waals surface area contributed by atoms with Crippen LogP contribution in [-0.4, -0.2) is 41.7 Å². The van der Waals surface area contributed by atoms with Crippen LogP contribution in [0.3, 0.4) is 0 Å². The summed E-state index contributed by atoms with van der Waals surface area (Å²) in [5.41, 5.74) is 0.702. The molecule has 1 aromatic rings. The number of carbonyl (C=O) groups is 1. The van der Waals surface area contributed by atoms with E-state index >= 15 is 0 Å². The maximum absolute atomic E-state index is 12.3. The van der Waals surface area contributed by atoms with E-state index in [0.29, 0.717) is 30.3 Å². The molecule has 134 valence electrons. The van der Waals surface area contributed by atoms with Crippen molar-refractivity contribution < 1.29 is 9.22 Å². The van der Waals surface area contributed by atoms with E-state index in [1.165, 1.54) is 0 Å². The van der Waals surface area contributed by atoms with Crippen molar-refractivity contribution in [1.82, 2.24) is 14.9 Å². The Kier molecular flexibility index (Phi) is 5.95. The van der Waals surface area contributed by atoms with E-state index in [9.17, 15) is 4.79 Å². The van der Waals surface area contributed by atoms with Gasteiger partial charge < -0.3 is 9.33 Å². The molecule has 1 unspecified atom stereocenters. The van der Waals surface area contributed by atoms with Gasteiger partial charge in [0.25, 0.3) is 0 Å². The van der Waals surface area contributed by atoms with Gasteiger partial charge in [-0.05, 0) is 36.2 Å². The van der Waals surface area contributed by atoms with Gasteiger partial charge in [0.05, 0.1) is 19.2 Å². The van der Waals surface area contributed by atoms with Gasteiger partial charge in [-0.2, -0.15) is 0 Å². The maximum atomic E-state index is 12.3. The lowest BCUT2D eigenvalue weighted by molar-refractivity contribution is -0.130. The number of amides is 1. The molecule has 0 aliphatic carbocycles. The Hall–Kier alpha value is -0.693. The highest BCUT2D eigenvalue weighted by Gasteiger charge is 2.39. The van der Waals surface area contributed by atoms with E-state index in [1.54, 1.807) is 6.20 Å². The van der Waals surface area contributed by atoms with Crippen LogP contribution in [0.1, 0.15) is 39.2 Å². The minimum atomic E-state index is -1.84. The van der Waals surface area contributed by atoms with Crippen LogP contribution in [-0.2, 0) is 15.8 Å². The van der Waals surface area contributed by atoms with Crippen molar-refractivity contribution in [3.05, 3.63) is 22.2 Å². The Morgan fingerprint density at radius 2 is 2.04 bits per heavy atom. The lowest BCUT2D eigenvalue weighted by Crippen LogP contribution is -2.45. The monoisotopic (exact) mass is 389 g/mol. The molecule has 1 atom stereocenters. The number of carbonyl (C=O) groups excluding carboxylic acids is 1. The molecule has 8 heteroatoms. The number of rotatable bonds is 5. The number of nitrogens with zero attached hydrogens (tertiary/aromatic N) is 3. The second-order valence-corrected chi connectivity index (χ2v) is 13.2. The average Bonchev–Trinajstić information content (AvgIpc) is 2.79. The molecule has 1 aliphatic heterocycles. The zero-order chi connectivity index (χ0) is 18.1. The van der Waals surface area contributed by atoms with Crippen LogP contribution in [0.2, 0.25) is 28.6 Å². The van der Waals surface area contributed by atoms with Crippen molar-refractivity contribution in [3.63, 3.8) is 0 Å². The van der Waals surface area contributed by atoms with Gasteiger partial charge in [0.1, 0.15) is 5.15 Å². The van der Waals surface area contributed by atoms with E-state index in [4.69, 9.17) is 27.6 Å². The first-order valence-electron chi connectivity index (χ1n) is 8.11. The van der Waals surface area contributed by atoms with Crippen molar-refractivity contribution in [3.8, 4) is 0 Å². The predicted octanol–water partition coefficient (Wildman–Crippen LogP) is 4.30. The highest BCUT2D eigenvalue weighted by Crippen LogP contribution is 2.37. The number of aromatic nitrogens is 2. The lowest BCUT2D eigenvalue weighted by Gasteiger charge is -2.38. The molecule has 0 bridgehead atoms. The second kappa shape index (κ2) is 7.28. The summed E-state index contributed by atoms with van der Waals surface area (Å²) in [6.45, 7) is 12.0. The third kappa shape index (κ3) is 4.48. The summed E-state index contributed by atoms with van der Waals surface area (Å²) in [6.07, 6.45) is 2.92. The van der Waals surface area contributed by atoms with E-state index in [1.807, 2.05) is 4.90 Å². The molecule has 5 nitrogen and oxygen atoms in total. The first-order valence-corrected chi connectivity index (χ1v) is 11.8. The fraction of sp³-hybridized carbons (Fsp3) is 0.688. The second-order valence-electron chi connectivity index (χ2n) is 7.74. The molecule has 1 amide bonds. The van der Waals surface area contributed by atoms with Gasteiger partial charge in [-0.3, -0.25) is 4.79 Å². The molecule has 0 radical (unpaired) electrons. The summed E-state index contributed by atoms with van der Waals surface area (Å²) in [7, 11) is -1.84. The summed E-state index contributed by atoms with van der Waals surface area (Å²) < 4.78 is 6.30. The number of halogens is 2. The maximum Gasteiger partial charge on any atom is 0.223 e. The smallest absolute Gasteiger partial charge is 0.223 e. The standard InChI is InChI=1S/C16H25Cl2N3O2Si/c1-16(2,3)24(4,5)23-10-12-6-7-13(22)21(12)9-11-8-19-15(18)20-14(11)17/h8,12H,6-7,9-10H2,1-5H3. The van der Waals surface area contributed by atoms with Gasteiger partial charge in [-0.1, -0.05) is 32.4 Å². The Balaban J connectivity index is 2.06.